The second-order valence-corrected chi connectivity index (χ2v) is 6.04. The number of carbonyl (C=O) groups excluding carboxylic acids is 3. The van der Waals surface area contributed by atoms with E-state index in [1.165, 1.54) is 10.9 Å². The monoisotopic (exact) mass is 393 g/mol. The lowest BCUT2D eigenvalue weighted by molar-refractivity contribution is 0.0526. The molecule has 0 unspecified atom stereocenters. The van der Waals surface area contributed by atoms with Gasteiger partial charge in [-0.15, -0.1) is 0 Å². The SMILES string of the molecule is CCOC(=O)c1cccc(-c2ccc(-n3cc(NC(N)=O)c(C(N)=O)n3)cc2)c1. The van der Waals surface area contributed by atoms with E-state index in [1.807, 2.05) is 18.2 Å². The van der Waals surface area contributed by atoms with Crippen molar-refractivity contribution in [2.24, 2.45) is 11.5 Å². The summed E-state index contributed by atoms with van der Waals surface area (Å²) in [6.07, 6.45) is 1.45. The molecule has 148 valence electrons. The molecule has 3 amide bonds. The molecule has 0 atom stereocenters. The van der Waals surface area contributed by atoms with E-state index in [0.29, 0.717) is 17.9 Å². The number of hydrogen-bond donors (Lipinski definition) is 3. The number of esters is 1. The zero-order valence-electron chi connectivity index (χ0n) is 15.6. The Kier molecular flexibility index (Phi) is 5.59. The summed E-state index contributed by atoms with van der Waals surface area (Å²) in [5.74, 6) is -1.17. The molecule has 1 heterocycles. The van der Waals surface area contributed by atoms with Crippen molar-refractivity contribution in [2.45, 2.75) is 6.92 Å². The second kappa shape index (κ2) is 8.26. The number of nitrogens with one attached hydrogen (secondary N) is 1. The van der Waals surface area contributed by atoms with Crippen LogP contribution in [0.25, 0.3) is 16.8 Å². The van der Waals surface area contributed by atoms with Gasteiger partial charge in [-0.25, -0.2) is 14.3 Å². The molecule has 29 heavy (non-hydrogen) atoms. The van der Waals surface area contributed by atoms with Crippen LogP contribution in [0.5, 0.6) is 0 Å². The van der Waals surface area contributed by atoms with Gasteiger partial charge in [0.05, 0.1) is 29.7 Å². The van der Waals surface area contributed by atoms with Crippen molar-refractivity contribution < 1.29 is 19.1 Å². The van der Waals surface area contributed by atoms with Crippen LogP contribution in [0.4, 0.5) is 10.5 Å². The lowest BCUT2D eigenvalue weighted by atomic mass is 10.0. The summed E-state index contributed by atoms with van der Waals surface area (Å²) >= 11 is 0. The third-order valence-electron chi connectivity index (χ3n) is 4.04. The van der Waals surface area contributed by atoms with Crippen molar-refractivity contribution in [2.75, 3.05) is 11.9 Å². The highest BCUT2D eigenvalue weighted by Gasteiger charge is 2.16. The zero-order chi connectivity index (χ0) is 21.0. The maximum atomic E-state index is 11.9. The molecular formula is C20H19N5O4. The third kappa shape index (κ3) is 4.41. The van der Waals surface area contributed by atoms with E-state index < -0.39 is 11.9 Å². The van der Waals surface area contributed by atoms with E-state index in [2.05, 4.69) is 10.4 Å². The fourth-order valence-electron chi connectivity index (χ4n) is 2.76. The number of benzene rings is 2. The van der Waals surface area contributed by atoms with Gasteiger partial charge >= 0.3 is 12.0 Å². The highest BCUT2D eigenvalue weighted by molar-refractivity contribution is 6.00. The lowest BCUT2D eigenvalue weighted by Gasteiger charge is -2.07. The Morgan fingerprint density at radius 2 is 1.79 bits per heavy atom. The van der Waals surface area contributed by atoms with Gasteiger partial charge in [-0.05, 0) is 42.3 Å². The molecule has 0 aliphatic carbocycles. The van der Waals surface area contributed by atoms with Gasteiger partial charge in [-0.2, -0.15) is 5.10 Å². The number of anilines is 1. The Labute approximate surface area is 166 Å². The molecule has 5 N–H and O–H groups in total. The summed E-state index contributed by atoms with van der Waals surface area (Å²) in [7, 11) is 0. The van der Waals surface area contributed by atoms with E-state index in [4.69, 9.17) is 16.2 Å². The highest BCUT2D eigenvalue weighted by atomic mass is 16.5. The highest BCUT2D eigenvalue weighted by Crippen LogP contribution is 2.23. The van der Waals surface area contributed by atoms with Crippen LogP contribution in [0.2, 0.25) is 0 Å². The standard InChI is InChI=1S/C20H19N5O4/c1-2-29-19(27)14-5-3-4-13(10-14)12-6-8-15(9-7-12)25-11-16(23-20(22)28)17(24-25)18(21)26/h3-11H,2H2,1H3,(H2,21,26)(H3,22,23,28). The van der Waals surface area contributed by atoms with Gasteiger partial charge in [0, 0.05) is 0 Å². The number of urea groups is 1. The summed E-state index contributed by atoms with van der Waals surface area (Å²) in [5, 5.41) is 6.42. The Balaban J connectivity index is 1.89. The van der Waals surface area contributed by atoms with Crippen LogP contribution >= 0.6 is 0 Å². The smallest absolute Gasteiger partial charge is 0.338 e. The number of hydrogen-bond acceptors (Lipinski definition) is 5. The first kappa shape index (κ1) is 19.6. The first-order valence-corrected chi connectivity index (χ1v) is 8.73. The van der Waals surface area contributed by atoms with E-state index in [-0.39, 0.29) is 17.4 Å². The number of rotatable bonds is 6. The van der Waals surface area contributed by atoms with E-state index in [0.717, 1.165) is 11.1 Å². The van der Waals surface area contributed by atoms with Gasteiger partial charge < -0.3 is 21.5 Å². The van der Waals surface area contributed by atoms with Crippen LogP contribution in [0, 0.1) is 0 Å². The molecule has 0 aliphatic rings. The molecule has 0 aliphatic heterocycles. The predicted molar refractivity (Wildman–Crippen MR) is 107 cm³/mol. The number of ether oxygens (including phenoxy) is 1. The minimum absolute atomic E-state index is 0.102. The normalized spacial score (nSPS) is 10.4. The molecule has 3 rings (SSSR count). The fraction of sp³-hybridized carbons (Fsp3) is 0.100. The Bertz CT molecular complexity index is 1070. The van der Waals surface area contributed by atoms with Gasteiger partial charge in [0.15, 0.2) is 5.69 Å². The molecule has 0 spiro atoms. The number of carbonyl (C=O) groups is 3. The van der Waals surface area contributed by atoms with Crippen LogP contribution in [0.1, 0.15) is 27.8 Å². The van der Waals surface area contributed by atoms with Crippen LogP contribution in [-0.4, -0.2) is 34.3 Å². The zero-order valence-corrected chi connectivity index (χ0v) is 15.6. The average molecular weight is 393 g/mol. The average Bonchev–Trinajstić information content (AvgIpc) is 3.12. The minimum atomic E-state index is -0.830. The van der Waals surface area contributed by atoms with Crippen molar-refractivity contribution in [1.29, 1.82) is 0 Å². The molecule has 3 aromatic rings. The number of nitrogens with two attached hydrogens (primary N) is 2. The molecule has 9 heteroatoms. The number of aromatic nitrogens is 2. The van der Waals surface area contributed by atoms with Gasteiger partial charge in [-0.1, -0.05) is 24.3 Å². The molecule has 0 fully saturated rings. The van der Waals surface area contributed by atoms with Gasteiger partial charge in [0.1, 0.15) is 0 Å². The molecule has 2 aromatic carbocycles. The quantitative estimate of drug-likeness (QED) is 0.551. The lowest BCUT2D eigenvalue weighted by Crippen LogP contribution is -2.22. The van der Waals surface area contributed by atoms with Crippen molar-refractivity contribution >= 4 is 23.6 Å². The number of primary amides is 2. The molecule has 0 saturated heterocycles. The van der Waals surface area contributed by atoms with Crippen molar-refractivity contribution in [3.63, 3.8) is 0 Å². The van der Waals surface area contributed by atoms with E-state index in [9.17, 15) is 14.4 Å². The largest absolute Gasteiger partial charge is 0.462 e. The Hall–Kier alpha value is -4.14. The maximum Gasteiger partial charge on any atom is 0.338 e. The summed E-state index contributed by atoms with van der Waals surface area (Å²) in [5.41, 5.74) is 13.2. The van der Waals surface area contributed by atoms with Crippen LogP contribution in [0.3, 0.4) is 0 Å². The topological polar surface area (TPSA) is 142 Å². The van der Waals surface area contributed by atoms with Crippen LogP contribution in [-0.2, 0) is 4.74 Å². The summed E-state index contributed by atoms with van der Waals surface area (Å²) < 4.78 is 6.44. The maximum absolute atomic E-state index is 11.9. The molecular weight excluding hydrogens is 374 g/mol. The molecule has 0 saturated carbocycles. The molecule has 1 aromatic heterocycles. The number of nitrogens with zero attached hydrogens (tertiary/aromatic N) is 2. The molecule has 0 bridgehead atoms. The van der Waals surface area contributed by atoms with Crippen molar-refractivity contribution in [1.82, 2.24) is 9.78 Å². The number of amides is 3. The van der Waals surface area contributed by atoms with Crippen molar-refractivity contribution in [3.8, 4) is 16.8 Å². The van der Waals surface area contributed by atoms with Gasteiger partial charge in [0.2, 0.25) is 0 Å². The Morgan fingerprint density at radius 3 is 2.41 bits per heavy atom. The fourth-order valence-corrected chi connectivity index (χ4v) is 2.76. The van der Waals surface area contributed by atoms with Crippen LogP contribution in [0.15, 0.2) is 54.7 Å². The van der Waals surface area contributed by atoms with Crippen LogP contribution < -0.4 is 16.8 Å². The first-order valence-electron chi connectivity index (χ1n) is 8.73. The second-order valence-electron chi connectivity index (χ2n) is 6.04. The predicted octanol–water partition coefficient (Wildman–Crippen LogP) is 2.31. The van der Waals surface area contributed by atoms with E-state index in [1.54, 1.807) is 37.3 Å². The van der Waals surface area contributed by atoms with E-state index >= 15 is 0 Å². The van der Waals surface area contributed by atoms with Gasteiger partial charge in [-0.3, -0.25) is 4.79 Å². The minimum Gasteiger partial charge on any atom is -0.462 e. The summed E-state index contributed by atoms with van der Waals surface area (Å²) in [6, 6.07) is 13.5. The Morgan fingerprint density at radius 1 is 1.07 bits per heavy atom. The molecule has 0 radical (unpaired) electrons. The summed E-state index contributed by atoms with van der Waals surface area (Å²) in [4.78, 5) is 34.6. The van der Waals surface area contributed by atoms with Gasteiger partial charge in [0.25, 0.3) is 5.91 Å². The molecule has 9 nitrogen and oxygen atoms in total. The third-order valence-corrected chi connectivity index (χ3v) is 4.04. The van der Waals surface area contributed by atoms with Crippen molar-refractivity contribution in [3.05, 3.63) is 66.0 Å². The summed E-state index contributed by atoms with van der Waals surface area (Å²) in [6.45, 7) is 2.06. The first-order chi connectivity index (χ1) is 13.9.